The van der Waals surface area contributed by atoms with Crippen molar-refractivity contribution in [2.75, 3.05) is 5.32 Å². The molecule has 0 radical (unpaired) electrons. The van der Waals surface area contributed by atoms with Gasteiger partial charge in [-0.15, -0.1) is 0 Å². The lowest BCUT2D eigenvalue weighted by Crippen LogP contribution is -1.91. The number of benzene rings is 2. The molecule has 0 aliphatic carbocycles. The highest BCUT2D eigenvalue weighted by Gasteiger charge is 1.99. The molecule has 0 fully saturated rings. The lowest BCUT2D eigenvalue weighted by molar-refractivity contribution is 0.475. The molecule has 0 saturated heterocycles. The van der Waals surface area contributed by atoms with Gasteiger partial charge in [-0.2, -0.15) is 0 Å². The largest absolute Gasteiger partial charge is 0.508 e. The van der Waals surface area contributed by atoms with Gasteiger partial charge in [0.15, 0.2) is 0 Å². The molecule has 15 heavy (non-hydrogen) atoms. The van der Waals surface area contributed by atoms with Crippen LogP contribution in [0.4, 0.5) is 11.4 Å². The van der Waals surface area contributed by atoms with Gasteiger partial charge in [0.1, 0.15) is 5.75 Å². The van der Waals surface area contributed by atoms with E-state index < -0.39 is 0 Å². The Bertz CT molecular complexity index is 451. The van der Waals surface area contributed by atoms with E-state index in [2.05, 4.69) is 5.32 Å². The van der Waals surface area contributed by atoms with E-state index in [-0.39, 0.29) is 0 Å². The molecule has 0 atom stereocenters. The van der Waals surface area contributed by atoms with Gasteiger partial charge in [-0.05, 0) is 42.8 Å². The number of aromatic hydroxyl groups is 1. The maximum Gasteiger partial charge on any atom is 0.115 e. The molecule has 0 spiro atoms. The molecule has 0 saturated carbocycles. The van der Waals surface area contributed by atoms with Gasteiger partial charge in [-0.1, -0.05) is 18.2 Å². The van der Waals surface area contributed by atoms with Crippen molar-refractivity contribution in [3.63, 3.8) is 0 Å². The van der Waals surface area contributed by atoms with Crippen molar-refractivity contribution in [1.29, 1.82) is 0 Å². The summed E-state index contributed by atoms with van der Waals surface area (Å²) in [7, 11) is 0. The highest BCUT2D eigenvalue weighted by atomic mass is 16.3. The van der Waals surface area contributed by atoms with E-state index in [9.17, 15) is 5.11 Å². The minimum atomic E-state index is 0.297. The van der Waals surface area contributed by atoms with Gasteiger partial charge in [0, 0.05) is 11.4 Å². The molecular formula is C13H13NO. The van der Waals surface area contributed by atoms with E-state index in [1.54, 1.807) is 12.1 Å². The molecule has 2 N–H and O–H groups in total. The Hall–Kier alpha value is -1.96. The van der Waals surface area contributed by atoms with Gasteiger partial charge < -0.3 is 10.4 Å². The maximum absolute atomic E-state index is 9.28. The van der Waals surface area contributed by atoms with Crippen LogP contribution in [0.15, 0.2) is 48.5 Å². The highest BCUT2D eigenvalue weighted by Crippen LogP contribution is 2.23. The van der Waals surface area contributed by atoms with Gasteiger partial charge >= 0.3 is 0 Å². The van der Waals surface area contributed by atoms with Crippen molar-refractivity contribution < 1.29 is 5.11 Å². The lowest BCUT2D eigenvalue weighted by atomic mass is 10.2. The van der Waals surface area contributed by atoms with E-state index in [0.717, 1.165) is 16.9 Å². The van der Waals surface area contributed by atoms with Crippen molar-refractivity contribution in [3.8, 4) is 5.75 Å². The van der Waals surface area contributed by atoms with E-state index in [1.165, 1.54) is 0 Å². The number of anilines is 2. The Labute approximate surface area is 89.2 Å². The van der Waals surface area contributed by atoms with E-state index >= 15 is 0 Å². The van der Waals surface area contributed by atoms with Crippen LogP contribution in [0.3, 0.4) is 0 Å². The molecule has 2 aromatic carbocycles. The minimum absolute atomic E-state index is 0.297. The van der Waals surface area contributed by atoms with Crippen molar-refractivity contribution in [1.82, 2.24) is 0 Å². The van der Waals surface area contributed by atoms with Crippen LogP contribution in [0, 0.1) is 6.92 Å². The summed E-state index contributed by atoms with van der Waals surface area (Å²) in [6.07, 6.45) is 0. The van der Waals surface area contributed by atoms with E-state index in [0.29, 0.717) is 5.75 Å². The molecule has 2 aromatic rings. The fourth-order valence-corrected chi connectivity index (χ4v) is 1.47. The van der Waals surface area contributed by atoms with Crippen molar-refractivity contribution >= 4 is 11.4 Å². The van der Waals surface area contributed by atoms with Crippen molar-refractivity contribution in [2.24, 2.45) is 0 Å². The molecular weight excluding hydrogens is 186 g/mol. The maximum atomic E-state index is 9.28. The highest BCUT2D eigenvalue weighted by molar-refractivity contribution is 5.63. The van der Waals surface area contributed by atoms with Crippen molar-refractivity contribution in [3.05, 3.63) is 54.1 Å². The number of hydrogen-bond acceptors (Lipinski definition) is 2. The monoisotopic (exact) mass is 199 g/mol. The van der Waals surface area contributed by atoms with Crippen LogP contribution in [0.2, 0.25) is 0 Å². The summed E-state index contributed by atoms with van der Waals surface area (Å²) < 4.78 is 0. The molecule has 0 bridgehead atoms. The summed E-state index contributed by atoms with van der Waals surface area (Å²) in [6, 6.07) is 15.3. The second kappa shape index (κ2) is 4.05. The number of hydrogen-bond donors (Lipinski definition) is 2. The molecule has 2 rings (SSSR count). The third-order valence-corrected chi connectivity index (χ3v) is 2.26. The number of rotatable bonds is 2. The number of phenolic OH excluding ortho intramolecular Hbond substituents is 1. The Morgan fingerprint density at radius 2 is 1.73 bits per heavy atom. The predicted octanol–water partition coefficient (Wildman–Crippen LogP) is 3.44. The summed E-state index contributed by atoms with van der Waals surface area (Å²) in [5.74, 6) is 0.297. The summed E-state index contributed by atoms with van der Waals surface area (Å²) in [5.41, 5.74) is 3.09. The molecule has 0 heterocycles. The average Bonchev–Trinajstić information content (AvgIpc) is 2.24. The van der Waals surface area contributed by atoms with Crippen LogP contribution in [-0.2, 0) is 0 Å². The standard InChI is InChI=1S/C13H13NO/c1-10-9-12(15)7-8-13(10)14-11-5-3-2-4-6-11/h2-9,14-15H,1H3. The number of nitrogens with one attached hydrogen (secondary N) is 1. The topological polar surface area (TPSA) is 32.3 Å². The normalized spacial score (nSPS) is 9.93. The SMILES string of the molecule is Cc1cc(O)ccc1Nc1ccccc1. The number of phenols is 1. The summed E-state index contributed by atoms with van der Waals surface area (Å²) >= 11 is 0. The molecule has 2 heteroatoms. The van der Waals surface area contributed by atoms with E-state index in [4.69, 9.17) is 0 Å². The fraction of sp³-hybridized carbons (Fsp3) is 0.0769. The summed E-state index contributed by atoms with van der Waals surface area (Å²) in [6.45, 7) is 1.96. The first-order valence-corrected chi connectivity index (χ1v) is 4.87. The van der Waals surface area contributed by atoms with Crippen LogP contribution in [-0.4, -0.2) is 5.11 Å². The van der Waals surface area contributed by atoms with Crippen LogP contribution >= 0.6 is 0 Å². The first-order valence-electron chi connectivity index (χ1n) is 4.87. The Balaban J connectivity index is 2.25. The summed E-state index contributed by atoms with van der Waals surface area (Å²) in [4.78, 5) is 0. The van der Waals surface area contributed by atoms with Crippen LogP contribution < -0.4 is 5.32 Å². The third-order valence-electron chi connectivity index (χ3n) is 2.26. The second-order valence-corrected chi connectivity index (χ2v) is 3.49. The van der Waals surface area contributed by atoms with Crippen LogP contribution in [0.25, 0.3) is 0 Å². The molecule has 0 unspecified atom stereocenters. The van der Waals surface area contributed by atoms with Gasteiger partial charge in [-0.25, -0.2) is 0 Å². The second-order valence-electron chi connectivity index (χ2n) is 3.49. The van der Waals surface area contributed by atoms with Gasteiger partial charge in [0.2, 0.25) is 0 Å². The molecule has 0 amide bonds. The van der Waals surface area contributed by atoms with Gasteiger partial charge in [0.05, 0.1) is 0 Å². The van der Waals surface area contributed by atoms with Crippen molar-refractivity contribution in [2.45, 2.75) is 6.92 Å². The average molecular weight is 199 g/mol. The first-order chi connectivity index (χ1) is 7.25. The molecule has 2 nitrogen and oxygen atoms in total. The lowest BCUT2D eigenvalue weighted by Gasteiger charge is -2.09. The molecule has 0 aromatic heterocycles. The zero-order valence-corrected chi connectivity index (χ0v) is 8.57. The van der Waals surface area contributed by atoms with Gasteiger partial charge in [0.25, 0.3) is 0 Å². The van der Waals surface area contributed by atoms with Crippen LogP contribution in [0.1, 0.15) is 5.56 Å². The Morgan fingerprint density at radius 3 is 2.40 bits per heavy atom. The number of aryl methyl sites for hydroxylation is 1. The predicted molar refractivity (Wildman–Crippen MR) is 62.6 cm³/mol. The first kappa shape index (κ1) is 9.59. The zero-order chi connectivity index (χ0) is 10.7. The minimum Gasteiger partial charge on any atom is -0.508 e. The molecule has 76 valence electrons. The Morgan fingerprint density at radius 1 is 1.00 bits per heavy atom. The molecule has 0 aliphatic rings. The smallest absolute Gasteiger partial charge is 0.115 e. The zero-order valence-electron chi connectivity index (χ0n) is 8.57. The van der Waals surface area contributed by atoms with E-state index in [1.807, 2.05) is 43.3 Å². The Kier molecular flexibility index (Phi) is 2.59. The number of para-hydroxylation sites is 1. The van der Waals surface area contributed by atoms with Gasteiger partial charge in [-0.3, -0.25) is 0 Å². The summed E-state index contributed by atoms with van der Waals surface area (Å²) in [5, 5.41) is 12.6. The quantitative estimate of drug-likeness (QED) is 0.726. The molecule has 0 aliphatic heterocycles. The fourth-order valence-electron chi connectivity index (χ4n) is 1.47. The van der Waals surface area contributed by atoms with Crippen LogP contribution in [0.5, 0.6) is 5.75 Å². The third kappa shape index (κ3) is 2.29.